The van der Waals surface area contributed by atoms with Gasteiger partial charge < -0.3 is 29.8 Å². The predicted octanol–water partition coefficient (Wildman–Crippen LogP) is 4.56. The smallest absolute Gasteiger partial charge is 0.291 e. The molecule has 0 saturated carbocycles. The van der Waals surface area contributed by atoms with Crippen LogP contribution >= 0.6 is 11.6 Å². The molecule has 0 aliphatic rings. The van der Waals surface area contributed by atoms with Crippen molar-refractivity contribution in [2.45, 2.75) is 12.8 Å². The van der Waals surface area contributed by atoms with Gasteiger partial charge in [-0.1, -0.05) is 23.7 Å². The van der Waals surface area contributed by atoms with E-state index in [-0.39, 0.29) is 24.5 Å². The maximum atomic E-state index is 12.4. The van der Waals surface area contributed by atoms with Crippen molar-refractivity contribution in [3.8, 4) is 11.5 Å². The molecular weight excluding hydrogens is 450 g/mol. The van der Waals surface area contributed by atoms with E-state index in [0.717, 1.165) is 0 Å². The quantitative estimate of drug-likeness (QED) is 0.421. The number of rotatable bonds is 9. The summed E-state index contributed by atoms with van der Waals surface area (Å²) < 4.78 is 15.8. The van der Waals surface area contributed by atoms with Crippen LogP contribution in [0.5, 0.6) is 11.5 Å². The monoisotopic (exact) mass is 471 g/mol. The molecule has 33 heavy (non-hydrogen) atoms. The SMILES string of the molecule is COc1cc(NC(=O)c2ccco2)c(OC)cc1NC(=O)CCC(=O)Nc1ccccc1Cl. The first-order valence-corrected chi connectivity index (χ1v) is 10.2. The van der Waals surface area contributed by atoms with Crippen molar-refractivity contribution < 1.29 is 28.3 Å². The van der Waals surface area contributed by atoms with E-state index in [9.17, 15) is 14.4 Å². The summed E-state index contributed by atoms with van der Waals surface area (Å²) in [7, 11) is 2.85. The number of hydrogen-bond donors (Lipinski definition) is 3. The second kappa shape index (κ2) is 11.1. The highest BCUT2D eigenvalue weighted by Crippen LogP contribution is 2.36. The molecule has 172 valence electrons. The number of benzene rings is 2. The normalized spacial score (nSPS) is 10.3. The number of halogens is 1. The zero-order valence-corrected chi connectivity index (χ0v) is 18.7. The number of furan rings is 1. The van der Waals surface area contributed by atoms with E-state index >= 15 is 0 Å². The third kappa shape index (κ3) is 6.27. The highest BCUT2D eigenvalue weighted by Gasteiger charge is 2.18. The minimum absolute atomic E-state index is 0.0478. The van der Waals surface area contributed by atoms with Crippen molar-refractivity contribution in [2.75, 3.05) is 30.2 Å². The van der Waals surface area contributed by atoms with Crippen molar-refractivity contribution in [3.05, 3.63) is 65.6 Å². The number of nitrogens with one attached hydrogen (secondary N) is 3. The maximum Gasteiger partial charge on any atom is 0.291 e. The van der Waals surface area contributed by atoms with E-state index in [1.807, 2.05) is 0 Å². The van der Waals surface area contributed by atoms with Crippen LogP contribution in [0.25, 0.3) is 0 Å². The number of para-hydroxylation sites is 1. The molecule has 0 saturated heterocycles. The minimum atomic E-state index is -0.471. The molecule has 0 aliphatic heterocycles. The molecule has 0 unspecified atom stereocenters. The highest BCUT2D eigenvalue weighted by atomic mass is 35.5. The third-order valence-corrected chi connectivity index (χ3v) is 4.85. The number of carbonyl (C=O) groups is 3. The van der Waals surface area contributed by atoms with Crippen LogP contribution in [0, 0.1) is 0 Å². The number of ether oxygens (including phenoxy) is 2. The van der Waals surface area contributed by atoms with Gasteiger partial charge in [-0.05, 0) is 24.3 Å². The number of carbonyl (C=O) groups excluding carboxylic acids is 3. The molecular formula is C23H22ClN3O6. The van der Waals surface area contributed by atoms with Gasteiger partial charge in [0, 0.05) is 25.0 Å². The van der Waals surface area contributed by atoms with Gasteiger partial charge in [-0.2, -0.15) is 0 Å². The topological polar surface area (TPSA) is 119 Å². The first kappa shape index (κ1) is 23.7. The van der Waals surface area contributed by atoms with Gasteiger partial charge in [0.2, 0.25) is 11.8 Å². The van der Waals surface area contributed by atoms with Gasteiger partial charge in [0.15, 0.2) is 5.76 Å². The molecule has 3 N–H and O–H groups in total. The summed E-state index contributed by atoms with van der Waals surface area (Å²) in [4.78, 5) is 36.9. The second-order valence-corrected chi connectivity index (χ2v) is 7.17. The lowest BCUT2D eigenvalue weighted by atomic mass is 10.2. The fraction of sp³-hybridized carbons (Fsp3) is 0.174. The number of amides is 3. The summed E-state index contributed by atoms with van der Waals surface area (Å²) in [6.07, 6.45) is 1.27. The van der Waals surface area contributed by atoms with Gasteiger partial charge >= 0.3 is 0 Å². The Labute approximate surface area is 195 Å². The van der Waals surface area contributed by atoms with E-state index in [2.05, 4.69) is 16.0 Å². The first-order valence-electron chi connectivity index (χ1n) is 9.86. The molecule has 1 heterocycles. The van der Waals surface area contributed by atoms with Gasteiger partial charge in [-0.15, -0.1) is 0 Å². The summed E-state index contributed by atoms with van der Waals surface area (Å²) in [5, 5.41) is 8.44. The van der Waals surface area contributed by atoms with Crippen LogP contribution in [-0.2, 0) is 9.59 Å². The average Bonchev–Trinajstić information content (AvgIpc) is 3.35. The fourth-order valence-electron chi connectivity index (χ4n) is 2.90. The maximum absolute atomic E-state index is 12.4. The molecule has 9 nitrogen and oxygen atoms in total. The van der Waals surface area contributed by atoms with Crippen molar-refractivity contribution in [1.82, 2.24) is 0 Å². The van der Waals surface area contributed by atoms with Crippen LogP contribution in [0.4, 0.5) is 17.1 Å². The molecule has 0 aliphatic carbocycles. The summed E-state index contributed by atoms with van der Waals surface area (Å²) in [6, 6.07) is 13.0. The van der Waals surface area contributed by atoms with Gasteiger partial charge in [-0.3, -0.25) is 14.4 Å². The lowest BCUT2D eigenvalue weighted by Gasteiger charge is -2.16. The molecule has 0 bridgehead atoms. The fourth-order valence-corrected chi connectivity index (χ4v) is 3.08. The van der Waals surface area contributed by atoms with E-state index in [1.54, 1.807) is 30.3 Å². The van der Waals surface area contributed by atoms with E-state index < -0.39 is 11.8 Å². The zero-order valence-electron chi connectivity index (χ0n) is 17.9. The Bertz CT molecular complexity index is 1150. The van der Waals surface area contributed by atoms with Crippen LogP contribution in [0.1, 0.15) is 23.4 Å². The Morgan fingerprint density at radius 1 is 0.818 bits per heavy atom. The van der Waals surface area contributed by atoms with Crippen LogP contribution in [0.2, 0.25) is 5.02 Å². The van der Waals surface area contributed by atoms with Crippen molar-refractivity contribution >= 4 is 46.4 Å². The first-order chi connectivity index (χ1) is 15.9. The molecule has 0 atom stereocenters. The molecule has 1 aromatic heterocycles. The van der Waals surface area contributed by atoms with Crippen LogP contribution in [0.3, 0.4) is 0 Å². The minimum Gasteiger partial charge on any atom is -0.494 e. The van der Waals surface area contributed by atoms with E-state index in [1.165, 1.54) is 38.7 Å². The van der Waals surface area contributed by atoms with E-state index in [4.69, 9.17) is 25.5 Å². The van der Waals surface area contributed by atoms with Crippen LogP contribution in [-0.4, -0.2) is 31.9 Å². The average molecular weight is 472 g/mol. The summed E-state index contributed by atoms with van der Waals surface area (Å²) in [5.41, 5.74) is 1.12. The summed E-state index contributed by atoms with van der Waals surface area (Å²) in [6.45, 7) is 0. The van der Waals surface area contributed by atoms with E-state index in [0.29, 0.717) is 33.6 Å². The number of hydrogen-bond acceptors (Lipinski definition) is 6. The van der Waals surface area contributed by atoms with Crippen molar-refractivity contribution in [2.24, 2.45) is 0 Å². The van der Waals surface area contributed by atoms with Crippen LogP contribution in [0.15, 0.2) is 59.2 Å². The Kier molecular flexibility index (Phi) is 7.93. The highest BCUT2D eigenvalue weighted by molar-refractivity contribution is 6.33. The van der Waals surface area contributed by atoms with Gasteiger partial charge in [0.25, 0.3) is 5.91 Å². The van der Waals surface area contributed by atoms with Gasteiger partial charge in [0.1, 0.15) is 11.5 Å². The molecule has 10 heteroatoms. The van der Waals surface area contributed by atoms with Gasteiger partial charge in [0.05, 0.1) is 42.6 Å². The van der Waals surface area contributed by atoms with Crippen LogP contribution < -0.4 is 25.4 Å². The zero-order chi connectivity index (χ0) is 23.8. The van der Waals surface area contributed by atoms with Gasteiger partial charge in [-0.25, -0.2) is 0 Å². The second-order valence-electron chi connectivity index (χ2n) is 6.76. The Morgan fingerprint density at radius 3 is 1.94 bits per heavy atom. The lowest BCUT2D eigenvalue weighted by molar-refractivity contribution is -0.121. The molecule has 3 rings (SSSR count). The molecule has 2 aromatic carbocycles. The number of anilines is 3. The Morgan fingerprint density at radius 2 is 1.39 bits per heavy atom. The third-order valence-electron chi connectivity index (χ3n) is 4.52. The molecule has 0 spiro atoms. The molecule has 3 amide bonds. The Balaban J connectivity index is 1.64. The number of methoxy groups -OCH3 is 2. The Hall–Kier alpha value is -3.98. The van der Waals surface area contributed by atoms with Crippen molar-refractivity contribution in [3.63, 3.8) is 0 Å². The molecule has 0 fully saturated rings. The summed E-state index contributed by atoms with van der Waals surface area (Å²) in [5.74, 6) is -0.511. The predicted molar refractivity (Wildman–Crippen MR) is 124 cm³/mol. The lowest BCUT2D eigenvalue weighted by Crippen LogP contribution is -2.18. The largest absolute Gasteiger partial charge is 0.494 e. The standard InChI is InChI=1S/C23H22ClN3O6/c1-31-19-13-17(27-23(30)18-8-5-11-33-18)20(32-2)12-16(19)26-22(29)10-9-21(28)25-15-7-4-3-6-14(15)24/h3-8,11-13H,9-10H2,1-2H3,(H,25,28)(H,26,29)(H,27,30). The molecule has 0 radical (unpaired) electrons. The van der Waals surface area contributed by atoms with Crippen molar-refractivity contribution in [1.29, 1.82) is 0 Å². The summed E-state index contributed by atoms with van der Waals surface area (Å²) >= 11 is 6.02. The molecule has 3 aromatic rings.